The van der Waals surface area contributed by atoms with Gasteiger partial charge in [0.15, 0.2) is 5.75 Å². The minimum absolute atomic E-state index is 0.0287. The average molecular weight is 268 g/mol. The molecule has 0 spiro atoms. The van der Waals surface area contributed by atoms with E-state index in [-0.39, 0.29) is 23.6 Å². The van der Waals surface area contributed by atoms with E-state index >= 15 is 0 Å². The number of nitrogens with zero attached hydrogens (tertiary/aromatic N) is 1. The number of hydrogen-bond acceptors (Lipinski definition) is 5. The smallest absolute Gasteiger partial charge is 0.311 e. The summed E-state index contributed by atoms with van der Waals surface area (Å²) in [5.74, 6) is 0.273. The molecule has 6 heteroatoms. The van der Waals surface area contributed by atoms with E-state index in [1.807, 2.05) is 20.8 Å². The predicted molar refractivity (Wildman–Crippen MR) is 73.8 cm³/mol. The molecule has 0 saturated carbocycles. The highest BCUT2D eigenvalue weighted by atomic mass is 16.6. The molecule has 6 nitrogen and oxygen atoms in total. The van der Waals surface area contributed by atoms with E-state index < -0.39 is 4.92 Å². The Morgan fingerprint density at radius 3 is 2.58 bits per heavy atom. The van der Waals surface area contributed by atoms with E-state index in [4.69, 9.17) is 9.47 Å². The third-order valence-electron chi connectivity index (χ3n) is 2.52. The molecule has 0 amide bonds. The number of hydrogen-bond donors (Lipinski definition) is 1. The van der Waals surface area contributed by atoms with Crippen molar-refractivity contribution in [2.75, 3.05) is 19.0 Å². The van der Waals surface area contributed by atoms with E-state index in [2.05, 4.69) is 5.32 Å². The number of nitrogens with one attached hydrogen (secondary N) is 1. The van der Waals surface area contributed by atoms with Gasteiger partial charge < -0.3 is 14.8 Å². The molecule has 0 fully saturated rings. The van der Waals surface area contributed by atoms with Gasteiger partial charge in [0.2, 0.25) is 0 Å². The van der Waals surface area contributed by atoms with Gasteiger partial charge in [-0.25, -0.2) is 0 Å². The molecule has 1 atom stereocenters. The van der Waals surface area contributed by atoms with Crippen LogP contribution in [0.1, 0.15) is 20.8 Å². The summed E-state index contributed by atoms with van der Waals surface area (Å²) in [4.78, 5) is 10.5. The highest BCUT2D eigenvalue weighted by Crippen LogP contribution is 2.30. The summed E-state index contributed by atoms with van der Waals surface area (Å²) in [6.45, 7) is 6.22. The van der Waals surface area contributed by atoms with Crippen LogP contribution in [-0.4, -0.2) is 30.8 Å². The van der Waals surface area contributed by atoms with Crippen molar-refractivity contribution < 1.29 is 14.4 Å². The van der Waals surface area contributed by atoms with Crippen molar-refractivity contribution in [3.8, 4) is 5.75 Å². The molecule has 1 unspecified atom stereocenters. The highest BCUT2D eigenvalue weighted by molar-refractivity contribution is 5.58. The molecule has 19 heavy (non-hydrogen) atoms. The normalized spacial score (nSPS) is 12.3. The number of nitro groups is 1. The molecule has 1 aromatic rings. The SMILES string of the molecule is COC(C)CNc1ccc([N+](=O)[O-])c(OC(C)C)c1. The van der Waals surface area contributed by atoms with Gasteiger partial charge in [-0.1, -0.05) is 0 Å². The fourth-order valence-corrected chi connectivity index (χ4v) is 1.47. The molecule has 1 rings (SSSR count). The van der Waals surface area contributed by atoms with Crippen LogP contribution < -0.4 is 10.1 Å². The van der Waals surface area contributed by atoms with E-state index in [1.54, 1.807) is 19.2 Å². The van der Waals surface area contributed by atoms with Gasteiger partial charge in [0.25, 0.3) is 0 Å². The van der Waals surface area contributed by atoms with E-state index in [0.717, 1.165) is 5.69 Å². The van der Waals surface area contributed by atoms with Gasteiger partial charge in [0.05, 0.1) is 17.1 Å². The Morgan fingerprint density at radius 2 is 2.05 bits per heavy atom. The second-order valence-electron chi connectivity index (χ2n) is 4.53. The van der Waals surface area contributed by atoms with Crippen LogP contribution in [0.4, 0.5) is 11.4 Å². The van der Waals surface area contributed by atoms with Crippen molar-refractivity contribution in [3.05, 3.63) is 28.3 Å². The van der Waals surface area contributed by atoms with Gasteiger partial charge in [-0.3, -0.25) is 10.1 Å². The Hall–Kier alpha value is -1.82. The summed E-state index contributed by atoms with van der Waals surface area (Å²) in [6, 6.07) is 4.74. The van der Waals surface area contributed by atoms with Crippen LogP contribution in [-0.2, 0) is 4.74 Å². The molecule has 0 heterocycles. The fraction of sp³-hybridized carbons (Fsp3) is 0.538. The van der Waals surface area contributed by atoms with Gasteiger partial charge in [0.1, 0.15) is 0 Å². The van der Waals surface area contributed by atoms with Gasteiger partial charge >= 0.3 is 5.69 Å². The van der Waals surface area contributed by atoms with E-state index in [1.165, 1.54) is 6.07 Å². The molecule has 0 saturated heterocycles. The van der Waals surface area contributed by atoms with Crippen molar-refractivity contribution >= 4 is 11.4 Å². The van der Waals surface area contributed by atoms with Gasteiger partial charge in [-0.2, -0.15) is 0 Å². The highest BCUT2D eigenvalue weighted by Gasteiger charge is 2.16. The molecule has 0 bridgehead atoms. The first-order valence-corrected chi connectivity index (χ1v) is 6.15. The molecule has 0 aliphatic rings. The Labute approximate surface area is 112 Å². The topological polar surface area (TPSA) is 73.6 Å². The van der Waals surface area contributed by atoms with Crippen LogP contribution in [0.5, 0.6) is 5.75 Å². The quantitative estimate of drug-likeness (QED) is 0.608. The summed E-state index contributed by atoms with van der Waals surface area (Å²) in [5, 5.41) is 14.1. The standard InChI is InChI=1S/C13H20N2O4/c1-9(2)19-13-7-11(14-8-10(3)18-4)5-6-12(13)15(16)17/h5-7,9-10,14H,8H2,1-4H3. The predicted octanol–water partition coefficient (Wildman–Crippen LogP) is 2.83. The zero-order chi connectivity index (χ0) is 14.4. The molecule has 0 aliphatic heterocycles. The maximum absolute atomic E-state index is 10.9. The third kappa shape index (κ3) is 4.75. The third-order valence-corrected chi connectivity index (χ3v) is 2.52. The zero-order valence-electron chi connectivity index (χ0n) is 11.7. The lowest BCUT2D eigenvalue weighted by Gasteiger charge is -2.14. The van der Waals surface area contributed by atoms with Crippen LogP contribution in [0.25, 0.3) is 0 Å². The van der Waals surface area contributed by atoms with Gasteiger partial charge in [-0.15, -0.1) is 0 Å². The van der Waals surface area contributed by atoms with Crippen molar-refractivity contribution in [1.82, 2.24) is 0 Å². The first-order chi connectivity index (χ1) is 8.93. The molecule has 0 radical (unpaired) electrons. The maximum Gasteiger partial charge on any atom is 0.311 e. The molecule has 1 aromatic carbocycles. The first-order valence-electron chi connectivity index (χ1n) is 6.15. The summed E-state index contributed by atoms with van der Waals surface area (Å²) >= 11 is 0. The number of rotatable bonds is 7. The number of methoxy groups -OCH3 is 1. The van der Waals surface area contributed by atoms with Crippen LogP contribution in [0, 0.1) is 10.1 Å². The van der Waals surface area contributed by atoms with Gasteiger partial charge in [0, 0.05) is 31.5 Å². The lowest BCUT2D eigenvalue weighted by molar-refractivity contribution is -0.386. The number of anilines is 1. The second kappa shape index (κ2) is 6.94. The summed E-state index contributed by atoms with van der Waals surface area (Å²) in [5.41, 5.74) is 0.740. The lowest BCUT2D eigenvalue weighted by Crippen LogP contribution is -2.18. The molecular formula is C13H20N2O4. The Bertz CT molecular complexity index is 435. The van der Waals surface area contributed by atoms with Crippen LogP contribution in [0.15, 0.2) is 18.2 Å². The van der Waals surface area contributed by atoms with Crippen LogP contribution in [0.2, 0.25) is 0 Å². The number of benzene rings is 1. The van der Waals surface area contributed by atoms with Crippen molar-refractivity contribution in [3.63, 3.8) is 0 Å². The summed E-state index contributed by atoms with van der Waals surface area (Å²) in [6.07, 6.45) is -0.0588. The minimum atomic E-state index is -0.445. The van der Waals surface area contributed by atoms with E-state index in [0.29, 0.717) is 6.54 Å². The Kier molecular flexibility index (Phi) is 5.57. The molecule has 0 aromatic heterocycles. The number of ether oxygens (including phenoxy) is 2. The minimum Gasteiger partial charge on any atom is -0.484 e. The van der Waals surface area contributed by atoms with E-state index in [9.17, 15) is 10.1 Å². The zero-order valence-corrected chi connectivity index (χ0v) is 11.7. The Balaban J connectivity index is 2.88. The first kappa shape index (κ1) is 15.2. The average Bonchev–Trinajstić information content (AvgIpc) is 2.35. The summed E-state index contributed by atoms with van der Waals surface area (Å²) in [7, 11) is 1.63. The monoisotopic (exact) mass is 268 g/mol. The summed E-state index contributed by atoms with van der Waals surface area (Å²) < 4.78 is 10.6. The fourth-order valence-electron chi connectivity index (χ4n) is 1.47. The molecule has 1 N–H and O–H groups in total. The molecule has 0 aliphatic carbocycles. The van der Waals surface area contributed by atoms with Crippen molar-refractivity contribution in [2.45, 2.75) is 33.0 Å². The molecular weight excluding hydrogens is 248 g/mol. The second-order valence-corrected chi connectivity index (χ2v) is 4.53. The Morgan fingerprint density at radius 1 is 1.37 bits per heavy atom. The van der Waals surface area contributed by atoms with Crippen LogP contribution in [0.3, 0.4) is 0 Å². The maximum atomic E-state index is 10.9. The molecule has 106 valence electrons. The van der Waals surface area contributed by atoms with Gasteiger partial charge in [-0.05, 0) is 26.8 Å². The lowest BCUT2D eigenvalue weighted by atomic mass is 10.2. The largest absolute Gasteiger partial charge is 0.484 e. The number of nitro benzene ring substituents is 1. The van der Waals surface area contributed by atoms with Crippen LogP contribution >= 0.6 is 0 Å². The van der Waals surface area contributed by atoms with Crippen molar-refractivity contribution in [2.24, 2.45) is 0 Å². The van der Waals surface area contributed by atoms with Crippen molar-refractivity contribution in [1.29, 1.82) is 0 Å².